The van der Waals surface area contributed by atoms with Gasteiger partial charge in [-0.15, -0.1) is 0 Å². The van der Waals surface area contributed by atoms with Crippen molar-refractivity contribution in [2.45, 2.75) is 25.8 Å². The number of methoxy groups -OCH3 is 2. The van der Waals surface area contributed by atoms with Crippen LogP contribution < -0.4 is 19.5 Å². The number of carbonyl (C=O) groups excluding carboxylic acids is 1. The van der Waals surface area contributed by atoms with E-state index < -0.39 is 6.04 Å². The number of carbonyl (C=O) groups is 1. The van der Waals surface area contributed by atoms with E-state index in [0.29, 0.717) is 30.9 Å². The third-order valence-corrected chi connectivity index (χ3v) is 4.97. The van der Waals surface area contributed by atoms with Gasteiger partial charge in [-0.2, -0.15) is 0 Å². The molecule has 31 heavy (non-hydrogen) atoms. The molecule has 0 saturated carbocycles. The fourth-order valence-electron chi connectivity index (χ4n) is 3.24. The molecule has 0 fully saturated rings. The van der Waals surface area contributed by atoms with E-state index in [1.807, 2.05) is 61.1 Å². The van der Waals surface area contributed by atoms with Gasteiger partial charge in [0.1, 0.15) is 29.1 Å². The molecule has 0 spiro atoms. The van der Waals surface area contributed by atoms with Crippen molar-refractivity contribution in [1.82, 2.24) is 14.9 Å². The van der Waals surface area contributed by atoms with Gasteiger partial charge in [0.15, 0.2) is 0 Å². The van der Waals surface area contributed by atoms with Gasteiger partial charge in [-0.1, -0.05) is 17.7 Å². The summed E-state index contributed by atoms with van der Waals surface area (Å²) in [7, 11) is 5.09. The van der Waals surface area contributed by atoms with Crippen molar-refractivity contribution < 1.29 is 19.0 Å². The Hall–Kier alpha value is -3.48. The number of benzene rings is 2. The van der Waals surface area contributed by atoms with Crippen molar-refractivity contribution in [3.05, 3.63) is 71.8 Å². The summed E-state index contributed by atoms with van der Waals surface area (Å²) in [5, 5.41) is 3.10. The maximum absolute atomic E-state index is 12.7. The maximum atomic E-state index is 12.7. The molecule has 2 aromatic carbocycles. The second-order valence-corrected chi connectivity index (χ2v) is 7.31. The molecular weight excluding hydrogens is 394 g/mol. The predicted molar refractivity (Wildman–Crippen MR) is 119 cm³/mol. The van der Waals surface area contributed by atoms with Crippen LogP contribution in [-0.2, 0) is 11.8 Å². The van der Waals surface area contributed by atoms with Crippen LogP contribution in [0.25, 0.3) is 0 Å². The highest BCUT2D eigenvalue weighted by Gasteiger charge is 2.22. The number of rotatable bonds is 10. The average molecular weight is 424 g/mol. The fourth-order valence-corrected chi connectivity index (χ4v) is 3.24. The Labute approximate surface area is 183 Å². The summed E-state index contributed by atoms with van der Waals surface area (Å²) in [5.74, 6) is 2.74. The van der Waals surface area contributed by atoms with Crippen molar-refractivity contribution in [1.29, 1.82) is 0 Å². The number of ether oxygens (including phenoxy) is 3. The Balaban J connectivity index is 1.67. The highest BCUT2D eigenvalue weighted by molar-refractivity contribution is 5.76. The van der Waals surface area contributed by atoms with Crippen LogP contribution in [0.2, 0.25) is 0 Å². The summed E-state index contributed by atoms with van der Waals surface area (Å²) in [6, 6.07) is 13.0. The van der Waals surface area contributed by atoms with Crippen LogP contribution in [0.1, 0.15) is 35.8 Å². The van der Waals surface area contributed by atoms with Crippen molar-refractivity contribution >= 4 is 5.91 Å². The molecule has 0 aliphatic rings. The zero-order valence-electron chi connectivity index (χ0n) is 18.4. The third-order valence-electron chi connectivity index (χ3n) is 4.97. The number of hydrogen-bond acceptors (Lipinski definition) is 5. The number of nitrogens with one attached hydrogen (secondary N) is 1. The monoisotopic (exact) mass is 423 g/mol. The zero-order valence-corrected chi connectivity index (χ0v) is 18.4. The molecular formula is C24H29N3O4. The van der Waals surface area contributed by atoms with Crippen molar-refractivity contribution in [2.75, 3.05) is 20.8 Å². The Morgan fingerprint density at radius 2 is 1.74 bits per heavy atom. The van der Waals surface area contributed by atoms with E-state index in [1.54, 1.807) is 26.5 Å². The molecule has 1 amide bonds. The van der Waals surface area contributed by atoms with Gasteiger partial charge in [-0.05, 0) is 43.2 Å². The van der Waals surface area contributed by atoms with E-state index in [1.165, 1.54) is 5.56 Å². The van der Waals surface area contributed by atoms with Gasteiger partial charge in [0, 0.05) is 31.9 Å². The molecule has 1 heterocycles. The van der Waals surface area contributed by atoms with E-state index in [4.69, 9.17) is 14.2 Å². The Bertz CT molecular complexity index is 976. The number of aryl methyl sites for hydroxylation is 2. The van der Waals surface area contributed by atoms with Crippen molar-refractivity contribution in [2.24, 2.45) is 7.05 Å². The molecule has 0 aliphatic carbocycles. The van der Waals surface area contributed by atoms with Crippen LogP contribution in [0, 0.1) is 6.92 Å². The largest absolute Gasteiger partial charge is 0.497 e. The minimum absolute atomic E-state index is 0.0812. The van der Waals surface area contributed by atoms with Crippen LogP contribution in [0.15, 0.2) is 54.9 Å². The second kappa shape index (κ2) is 10.5. The summed E-state index contributed by atoms with van der Waals surface area (Å²) in [6.07, 6.45) is 4.50. The standard InChI is InChI=1S/C24H29N3O4/c1-17-7-9-19(10-8-17)31-13-5-6-22(28)26-23(24-25-11-12-27(24)2)18-14-20(29-3)16-21(15-18)30-4/h7-12,14-16,23H,5-6,13H2,1-4H3,(H,26,28). The smallest absolute Gasteiger partial charge is 0.220 e. The lowest BCUT2D eigenvalue weighted by molar-refractivity contribution is -0.121. The number of nitrogens with zero attached hydrogens (tertiary/aromatic N) is 2. The predicted octanol–water partition coefficient (Wildman–Crippen LogP) is 3.81. The first-order valence-corrected chi connectivity index (χ1v) is 10.2. The molecule has 1 atom stereocenters. The van der Waals surface area contributed by atoms with Gasteiger partial charge in [0.05, 0.1) is 20.8 Å². The first-order chi connectivity index (χ1) is 15.0. The molecule has 7 nitrogen and oxygen atoms in total. The highest BCUT2D eigenvalue weighted by atomic mass is 16.5. The first kappa shape index (κ1) is 22.2. The molecule has 0 aliphatic heterocycles. The normalized spacial score (nSPS) is 11.6. The molecule has 0 radical (unpaired) electrons. The molecule has 3 aromatic rings. The molecule has 1 unspecified atom stereocenters. The van der Waals surface area contributed by atoms with Crippen LogP contribution in [0.4, 0.5) is 0 Å². The lowest BCUT2D eigenvalue weighted by Gasteiger charge is -2.20. The topological polar surface area (TPSA) is 74.6 Å². The summed E-state index contributed by atoms with van der Waals surface area (Å²) in [4.78, 5) is 17.2. The van der Waals surface area contributed by atoms with Crippen LogP contribution in [0.3, 0.4) is 0 Å². The van der Waals surface area contributed by atoms with Crippen molar-refractivity contribution in [3.8, 4) is 17.2 Å². The SMILES string of the molecule is COc1cc(OC)cc(C(NC(=O)CCCOc2ccc(C)cc2)c2nccn2C)c1. The first-order valence-electron chi connectivity index (χ1n) is 10.2. The van der Waals surface area contributed by atoms with Crippen molar-refractivity contribution in [3.63, 3.8) is 0 Å². The summed E-state index contributed by atoms with van der Waals surface area (Å²) in [6.45, 7) is 2.50. The Morgan fingerprint density at radius 1 is 1.06 bits per heavy atom. The molecule has 0 saturated heterocycles. The third kappa shape index (κ3) is 6.01. The van der Waals surface area contributed by atoms with E-state index in [-0.39, 0.29) is 5.91 Å². The quantitative estimate of drug-likeness (QED) is 0.502. The average Bonchev–Trinajstić information content (AvgIpc) is 3.21. The van der Waals surface area contributed by atoms with E-state index in [2.05, 4.69) is 10.3 Å². The van der Waals surface area contributed by atoms with Gasteiger partial charge in [-0.3, -0.25) is 4.79 Å². The zero-order chi connectivity index (χ0) is 22.2. The van der Waals surface area contributed by atoms with E-state index in [0.717, 1.165) is 17.1 Å². The Kier molecular flexibility index (Phi) is 7.54. The lowest BCUT2D eigenvalue weighted by atomic mass is 10.0. The number of aromatic nitrogens is 2. The van der Waals surface area contributed by atoms with E-state index >= 15 is 0 Å². The summed E-state index contributed by atoms with van der Waals surface area (Å²) >= 11 is 0. The van der Waals surface area contributed by atoms with Crippen LogP contribution in [0.5, 0.6) is 17.2 Å². The molecule has 7 heteroatoms. The van der Waals surface area contributed by atoms with Crippen LogP contribution in [-0.4, -0.2) is 36.3 Å². The summed E-state index contributed by atoms with van der Waals surface area (Å²) in [5.41, 5.74) is 2.01. The van der Waals surface area contributed by atoms with E-state index in [9.17, 15) is 4.79 Å². The van der Waals surface area contributed by atoms with Gasteiger partial charge >= 0.3 is 0 Å². The minimum atomic E-state index is -0.436. The molecule has 164 valence electrons. The fraction of sp³-hybridized carbons (Fsp3) is 0.333. The van der Waals surface area contributed by atoms with Crippen LogP contribution >= 0.6 is 0 Å². The second-order valence-electron chi connectivity index (χ2n) is 7.31. The van der Waals surface area contributed by atoms with Gasteiger partial charge < -0.3 is 24.1 Å². The number of amides is 1. The van der Waals surface area contributed by atoms with Gasteiger partial charge in [0.25, 0.3) is 0 Å². The lowest BCUT2D eigenvalue weighted by Crippen LogP contribution is -2.31. The highest BCUT2D eigenvalue weighted by Crippen LogP contribution is 2.29. The molecule has 1 aromatic heterocycles. The molecule has 3 rings (SSSR count). The van der Waals surface area contributed by atoms with Gasteiger partial charge in [-0.25, -0.2) is 4.98 Å². The number of imidazole rings is 1. The Morgan fingerprint density at radius 3 is 2.32 bits per heavy atom. The molecule has 1 N–H and O–H groups in total. The number of hydrogen-bond donors (Lipinski definition) is 1. The maximum Gasteiger partial charge on any atom is 0.220 e. The summed E-state index contributed by atoms with van der Waals surface area (Å²) < 4.78 is 18.4. The minimum Gasteiger partial charge on any atom is -0.497 e. The van der Waals surface area contributed by atoms with Gasteiger partial charge in [0.2, 0.25) is 5.91 Å². The molecule has 0 bridgehead atoms.